The van der Waals surface area contributed by atoms with Gasteiger partial charge in [0.05, 0.1) is 12.8 Å². The Bertz CT molecular complexity index is 909. The van der Waals surface area contributed by atoms with Crippen molar-refractivity contribution >= 4 is 11.6 Å². The van der Waals surface area contributed by atoms with Gasteiger partial charge in [-0.25, -0.2) is 0 Å². The highest BCUT2D eigenvalue weighted by molar-refractivity contribution is 6.30. The summed E-state index contributed by atoms with van der Waals surface area (Å²) in [6.45, 7) is 3.38. The van der Waals surface area contributed by atoms with E-state index in [1.807, 2.05) is 30.5 Å². The Labute approximate surface area is 176 Å². The van der Waals surface area contributed by atoms with Gasteiger partial charge in [0.25, 0.3) is 0 Å². The SMILES string of the molecule is OCCOc1ccc(CN2CCCC(c3[nH]ncc3-c3ccc(Cl)cc3)C2)cc1. The molecule has 4 rings (SSSR count). The third-order valence-electron chi connectivity index (χ3n) is 5.43. The lowest BCUT2D eigenvalue weighted by molar-refractivity contribution is 0.197. The van der Waals surface area contributed by atoms with E-state index in [4.69, 9.17) is 21.4 Å². The minimum atomic E-state index is 0.0303. The monoisotopic (exact) mass is 411 g/mol. The van der Waals surface area contributed by atoms with Crippen LogP contribution in [-0.2, 0) is 6.54 Å². The molecule has 0 spiro atoms. The average Bonchev–Trinajstić information content (AvgIpc) is 3.24. The molecule has 1 unspecified atom stereocenters. The predicted octanol–water partition coefficient (Wildman–Crippen LogP) is 4.48. The van der Waals surface area contributed by atoms with E-state index in [-0.39, 0.29) is 6.61 Å². The summed E-state index contributed by atoms with van der Waals surface area (Å²) in [4.78, 5) is 2.50. The van der Waals surface area contributed by atoms with E-state index >= 15 is 0 Å². The van der Waals surface area contributed by atoms with Gasteiger partial charge >= 0.3 is 0 Å². The summed E-state index contributed by atoms with van der Waals surface area (Å²) in [5.41, 5.74) is 4.79. The van der Waals surface area contributed by atoms with Crippen LogP contribution in [0.25, 0.3) is 11.1 Å². The van der Waals surface area contributed by atoms with Crippen LogP contribution in [0, 0.1) is 0 Å². The molecular weight excluding hydrogens is 386 g/mol. The molecule has 2 aromatic carbocycles. The summed E-state index contributed by atoms with van der Waals surface area (Å²) < 4.78 is 5.45. The number of ether oxygens (including phenoxy) is 1. The van der Waals surface area contributed by atoms with Gasteiger partial charge < -0.3 is 9.84 Å². The van der Waals surface area contributed by atoms with Crippen molar-refractivity contribution in [2.75, 3.05) is 26.3 Å². The highest BCUT2D eigenvalue weighted by Crippen LogP contribution is 2.34. The van der Waals surface area contributed by atoms with Gasteiger partial charge in [-0.1, -0.05) is 35.9 Å². The first kappa shape index (κ1) is 20.0. The molecule has 2 heterocycles. The van der Waals surface area contributed by atoms with Crippen LogP contribution in [0.5, 0.6) is 5.75 Å². The number of likely N-dealkylation sites (tertiary alicyclic amines) is 1. The molecule has 1 aromatic heterocycles. The van der Waals surface area contributed by atoms with Crippen molar-refractivity contribution in [2.24, 2.45) is 0 Å². The van der Waals surface area contributed by atoms with Crippen LogP contribution in [0.2, 0.25) is 5.02 Å². The molecule has 0 saturated carbocycles. The molecular formula is C23H26ClN3O2. The van der Waals surface area contributed by atoms with Crippen molar-refractivity contribution in [3.63, 3.8) is 0 Å². The zero-order chi connectivity index (χ0) is 20.1. The van der Waals surface area contributed by atoms with Gasteiger partial charge in [0.15, 0.2) is 0 Å². The fourth-order valence-electron chi connectivity index (χ4n) is 4.01. The van der Waals surface area contributed by atoms with Crippen molar-refractivity contribution in [1.29, 1.82) is 0 Å². The summed E-state index contributed by atoms with van der Waals surface area (Å²) in [5.74, 6) is 1.23. The van der Waals surface area contributed by atoms with E-state index in [9.17, 15) is 0 Å². The second-order valence-corrected chi connectivity index (χ2v) is 7.93. The van der Waals surface area contributed by atoms with Gasteiger partial charge in [-0.05, 0) is 54.8 Å². The lowest BCUT2D eigenvalue weighted by atomic mass is 9.90. The first-order valence-electron chi connectivity index (χ1n) is 10.1. The van der Waals surface area contributed by atoms with E-state index in [2.05, 4.69) is 39.4 Å². The summed E-state index contributed by atoms with van der Waals surface area (Å²) in [5, 5.41) is 17.2. The fourth-order valence-corrected chi connectivity index (χ4v) is 4.14. The smallest absolute Gasteiger partial charge is 0.119 e. The summed E-state index contributed by atoms with van der Waals surface area (Å²) >= 11 is 6.04. The Morgan fingerprint density at radius 1 is 1.14 bits per heavy atom. The van der Waals surface area contributed by atoms with Crippen LogP contribution in [0.15, 0.2) is 54.7 Å². The first-order chi connectivity index (χ1) is 14.2. The number of nitrogens with one attached hydrogen (secondary N) is 1. The third-order valence-corrected chi connectivity index (χ3v) is 5.68. The topological polar surface area (TPSA) is 61.4 Å². The summed E-state index contributed by atoms with van der Waals surface area (Å²) in [6.07, 6.45) is 4.25. The van der Waals surface area contributed by atoms with Crippen molar-refractivity contribution in [2.45, 2.75) is 25.3 Å². The molecule has 1 fully saturated rings. The Morgan fingerprint density at radius 2 is 1.93 bits per heavy atom. The number of aromatic amines is 1. The molecule has 152 valence electrons. The Hall–Kier alpha value is -2.34. The quantitative estimate of drug-likeness (QED) is 0.601. The minimum Gasteiger partial charge on any atom is -0.491 e. The number of hydrogen-bond donors (Lipinski definition) is 2. The van der Waals surface area contributed by atoms with Crippen LogP contribution >= 0.6 is 11.6 Å². The Balaban J connectivity index is 1.43. The van der Waals surface area contributed by atoms with Crippen molar-refractivity contribution in [3.05, 3.63) is 71.0 Å². The number of piperidine rings is 1. The number of H-pyrrole nitrogens is 1. The number of halogens is 1. The lowest BCUT2D eigenvalue weighted by Crippen LogP contribution is -2.34. The highest BCUT2D eigenvalue weighted by Gasteiger charge is 2.25. The number of aromatic nitrogens is 2. The summed E-state index contributed by atoms with van der Waals surface area (Å²) in [7, 11) is 0. The number of aliphatic hydroxyl groups is 1. The van der Waals surface area contributed by atoms with Crippen LogP contribution < -0.4 is 4.74 Å². The average molecular weight is 412 g/mol. The number of nitrogens with zero attached hydrogens (tertiary/aromatic N) is 2. The van der Waals surface area contributed by atoms with E-state index in [0.29, 0.717) is 12.5 Å². The van der Waals surface area contributed by atoms with Gasteiger partial charge in [0.2, 0.25) is 0 Å². The van der Waals surface area contributed by atoms with Crippen LogP contribution in [-0.4, -0.2) is 46.5 Å². The van der Waals surface area contributed by atoms with E-state index in [1.165, 1.54) is 23.2 Å². The van der Waals surface area contributed by atoms with E-state index in [1.54, 1.807) is 0 Å². The van der Waals surface area contributed by atoms with E-state index in [0.717, 1.165) is 42.4 Å². The lowest BCUT2D eigenvalue weighted by Gasteiger charge is -2.32. The van der Waals surface area contributed by atoms with Crippen molar-refractivity contribution < 1.29 is 9.84 Å². The van der Waals surface area contributed by atoms with Gasteiger partial charge in [0, 0.05) is 35.3 Å². The second-order valence-electron chi connectivity index (χ2n) is 7.49. The van der Waals surface area contributed by atoms with Gasteiger partial charge in [0.1, 0.15) is 12.4 Å². The predicted molar refractivity (Wildman–Crippen MR) is 115 cm³/mol. The zero-order valence-corrected chi connectivity index (χ0v) is 17.1. The Morgan fingerprint density at radius 3 is 2.69 bits per heavy atom. The molecule has 6 heteroatoms. The minimum absolute atomic E-state index is 0.0303. The molecule has 1 saturated heterocycles. The molecule has 0 radical (unpaired) electrons. The molecule has 2 N–H and O–H groups in total. The first-order valence-corrected chi connectivity index (χ1v) is 10.4. The molecule has 1 atom stereocenters. The normalized spacial score (nSPS) is 17.4. The van der Waals surface area contributed by atoms with Crippen molar-refractivity contribution in [1.82, 2.24) is 15.1 Å². The number of rotatable bonds is 7. The largest absolute Gasteiger partial charge is 0.491 e. The van der Waals surface area contributed by atoms with Gasteiger partial charge in [-0.15, -0.1) is 0 Å². The molecule has 1 aliphatic rings. The second kappa shape index (κ2) is 9.44. The molecule has 1 aliphatic heterocycles. The maximum absolute atomic E-state index is 8.86. The Kier molecular flexibility index (Phi) is 6.49. The number of aliphatic hydroxyl groups excluding tert-OH is 1. The maximum Gasteiger partial charge on any atom is 0.119 e. The fraction of sp³-hybridized carbons (Fsp3) is 0.348. The molecule has 0 aliphatic carbocycles. The third kappa shape index (κ3) is 4.99. The van der Waals surface area contributed by atoms with Gasteiger partial charge in [-0.2, -0.15) is 5.10 Å². The summed E-state index contributed by atoms with van der Waals surface area (Å²) in [6, 6.07) is 16.1. The number of benzene rings is 2. The molecule has 3 aromatic rings. The molecule has 5 nitrogen and oxygen atoms in total. The standard InChI is InChI=1S/C23H26ClN3O2/c24-20-7-5-18(6-8-20)22-14-25-26-23(22)19-2-1-11-27(16-19)15-17-3-9-21(10-4-17)29-13-12-28/h3-10,14,19,28H,1-2,11-13,15-16H2,(H,25,26). The molecule has 0 amide bonds. The van der Waals surface area contributed by atoms with E-state index < -0.39 is 0 Å². The number of hydrogen-bond acceptors (Lipinski definition) is 4. The highest BCUT2D eigenvalue weighted by atomic mass is 35.5. The molecule has 29 heavy (non-hydrogen) atoms. The van der Waals surface area contributed by atoms with Gasteiger partial charge in [-0.3, -0.25) is 10.00 Å². The van der Waals surface area contributed by atoms with Crippen LogP contribution in [0.3, 0.4) is 0 Å². The van der Waals surface area contributed by atoms with Crippen LogP contribution in [0.1, 0.15) is 30.0 Å². The van der Waals surface area contributed by atoms with Crippen LogP contribution in [0.4, 0.5) is 0 Å². The zero-order valence-electron chi connectivity index (χ0n) is 16.4. The maximum atomic E-state index is 8.86. The molecule has 0 bridgehead atoms. The van der Waals surface area contributed by atoms with Crippen molar-refractivity contribution in [3.8, 4) is 16.9 Å².